The molecule has 0 saturated heterocycles. The normalized spacial score (nSPS) is 12.3. The molecule has 3 rings (SSSR count). The molecule has 2 N–H and O–H groups in total. The Morgan fingerprint density at radius 2 is 2.04 bits per heavy atom. The fourth-order valence-electron chi connectivity index (χ4n) is 2.07. The van der Waals surface area contributed by atoms with E-state index < -0.39 is 10.8 Å². The van der Waals surface area contributed by atoms with Crippen LogP contribution in [0.3, 0.4) is 0 Å². The molecule has 0 radical (unpaired) electrons. The van der Waals surface area contributed by atoms with E-state index in [2.05, 4.69) is 10.5 Å². The molecule has 9 heteroatoms. The van der Waals surface area contributed by atoms with Crippen molar-refractivity contribution in [3.63, 3.8) is 0 Å². The van der Waals surface area contributed by atoms with Crippen LogP contribution in [-0.2, 0) is 0 Å². The Bertz CT molecular complexity index is 849. The number of phenols is 1. The van der Waals surface area contributed by atoms with E-state index in [1.165, 1.54) is 24.3 Å². The summed E-state index contributed by atoms with van der Waals surface area (Å²) >= 11 is 0. The molecule has 0 aromatic heterocycles. The predicted octanol–water partition coefficient (Wildman–Crippen LogP) is 1.79. The van der Waals surface area contributed by atoms with Crippen molar-refractivity contribution in [2.45, 2.75) is 0 Å². The first kappa shape index (κ1) is 15.3. The number of hydrazone groups is 1. The molecule has 0 unspecified atom stereocenters. The van der Waals surface area contributed by atoms with Crippen molar-refractivity contribution in [3.05, 3.63) is 57.6 Å². The summed E-state index contributed by atoms with van der Waals surface area (Å²) in [4.78, 5) is 22.3. The van der Waals surface area contributed by atoms with Crippen LogP contribution in [0.15, 0.2) is 41.5 Å². The molecular formula is C15H11N3O6. The number of ether oxygens (including phenoxy) is 2. The number of rotatable bonds is 4. The van der Waals surface area contributed by atoms with Crippen LogP contribution < -0.4 is 14.9 Å². The number of hydrogen-bond donors (Lipinski definition) is 2. The largest absolute Gasteiger partial charge is 0.508 e. The minimum atomic E-state index is -0.611. The maximum Gasteiger partial charge on any atom is 0.278 e. The molecule has 1 aliphatic heterocycles. The summed E-state index contributed by atoms with van der Waals surface area (Å²) in [6.07, 6.45) is 1.09. The number of amides is 1. The molecule has 1 aliphatic rings. The molecule has 2 aromatic rings. The SMILES string of the molecule is O=C(N/N=C\c1cc(O)ccc1[N+](=O)[O-])c1ccc2c(c1)OCO2. The van der Waals surface area contributed by atoms with Gasteiger partial charge in [0.15, 0.2) is 11.5 Å². The van der Waals surface area contributed by atoms with E-state index in [0.29, 0.717) is 17.1 Å². The van der Waals surface area contributed by atoms with Crippen LogP contribution in [0.5, 0.6) is 17.2 Å². The number of carbonyl (C=O) groups is 1. The zero-order valence-corrected chi connectivity index (χ0v) is 12.1. The van der Waals surface area contributed by atoms with Gasteiger partial charge < -0.3 is 14.6 Å². The predicted molar refractivity (Wildman–Crippen MR) is 82.4 cm³/mol. The van der Waals surface area contributed by atoms with Crippen molar-refractivity contribution >= 4 is 17.8 Å². The standard InChI is InChI=1S/C15H11N3O6/c19-11-2-3-12(18(21)22)10(5-11)7-16-17-15(20)9-1-4-13-14(6-9)24-8-23-13/h1-7,19H,8H2,(H,17,20)/b16-7-. The Labute approximate surface area is 135 Å². The average molecular weight is 329 g/mol. The van der Waals surface area contributed by atoms with Crippen molar-refractivity contribution < 1.29 is 24.3 Å². The quantitative estimate of drug-likeness (QED) is 0.501. The molecule has 1 heterocycles. The van der Waals surface area contributed by atoms with Gasteiger partial charge >= 0.3 is 0 Å². The van der Waals surface area contributed by atoms with Gasteiger partial charge in [-0.2, -0.15) is 5.10 Å². The van der Waals surface area contributed by atoms with Gasteiger partial charge in [-0.1, -0.05) is 0 Å². The molecule has 122 valence electrons. The lowest BCUT2D eigenvalue weighted by atomic mass is 10.2. The number of phenolic OH excluding ortho intramolecular Hbond substituents is 1. The maximum atomic E-state index is 12.0. The highest BCUT2D eigenvalue weighted by molar-refractivity contribution is 5.96. The number of benzene rings is 2. The van der Waals surface area contributed by atoms with Crippen molar-refractivity contribution in [1.82, 2.24) is 5.43 Å². The Hall–Kier alpha value is -3.62. The summed E-state index contributed by atoms with van der Waals surface area (Å²) in [6.45, 7) is 0.0970. The number of aromatic hydroxyl groups is 1. The highest BCUT2D eigenvalue weighted by Crippen LogP contribution is 2.32. The fourth-order valence-corrected chi connectivity index (χ4v) is 2.07. The van der Waals surface area contributed by atoms with Gasteiger partial charge in [-0.15, -0.1) is 0 Å². The van der Waals surface area contributed by atoms with Crippen molar-refractivity contribution in [2.75, 3.05) is 6.79 Å². The monoisotopic (exact) mass is 329 g/mol. The first-order valence-corrected chi connectivity index (χ1v) is 6.75. The number of hydrogen-bond acceptors (Lipinski definition) is 7. The number of nitro groups is 1. The number of fused-ring (bicyclic) bond motifs is 1. The highest BCUT2D eigenvalue weighted by atomic mass is 16.7. The minimum absolute atomic E-state index is 0.0611. The van der Waals surface area contributed by atoms with Gasteiger partial charge in [0.25, 0.3) is 11.6 Å². The fraction of sp³-hybridized carbons (Fsp3) is 0.0667. The van der Waals surface area contributed by atoms with E-state index in [9.17, 15) is 20.0 Å². The summed E-state index contributed by atoms with van der Waals surface area (Å²) < 4.78 is 10.3. The molecule has 0 spiro atoms. The van der Waals surface area contributed by atoms with E-state index in [1.807, 2.05) is 0 Å². The second-order valence-electron chi connectivity index (χ2n) is 4.77. The van der Waals surface area contributed by atoms with Gasteiger partial charge in [-0.25, -0.2) is 5.43 Å². The zero-order valence-electron chi connectivity index (χ0n) is 12.1. The van der Waals surface area contributed by atoms with Crippen LogP contribution in [0.25, 0.3) is 0 Å². The molecule has 0 saturated carbocycles. The van der Waals surface area contributed by atoms with Crippen LogP contribution >= 0.6 is 0 Å². The molecule has 0 atom stereocenters. The number of nitrogens with zero attached hydrogens (tertiary/aromatic N) is 2. The van der Waals surface area contributed by atoms with Gasteiger partial charge in [-0.05, 0) is 30.3 Å². The Morgan fingerprint density at radius 3 is 2.83 bits per heavy atom. The van der Waals surface area contributed by atoms with Crippen LogP contribution in [0.2, 0.25) is 0 Å². The van der Waals surface area contributed by atoms with E-state index in [4.69, 9.17) is 9.47 Å². The van der Waals surface area contributed by atoms with Crippen LogP contribution in [0.4, 0.5) is 5.69 Å². The third-order valence-electron chi connectivity index (χ3n) is 3.21. The third-order valence-corrected chi connectivity index (χ3v) is 3.21. The second kappa shape index (κ2) is 6.24. The van der Waals surface area contributed by atoms with Crippen molar-refractivity contribution in [3.8, 4) is 17.2 Å². The molecule has 0 fully saturated rings. The summed E-state index contributed by atoms with van der Waals surface area (Å²) in [5, 5.41) is 24.0. The number of nitro benzene ring substituents is 1. The highest BCUT2D eigenvalue weighted by Gasteiger charge is 2.16. The minimum Gasteiger partial charge on any atom is -0.508 e. The lowest BCUT2D eigenvalue weighted by Gasteiger charge is -2.02. The molecule has 24 heavy (non-hydrogen) atoms. The van der Waals surface area contributed by atoms with Crippen molar-refractivity contribution in [2.24, 2.45) is 5.10 Å². The summed E-state index contributed by atoms with van der Waals surface area (Å²) in [5.74, 6) is 0.331. The molecule has 2 aromatic carbocycles. The average Bonchev–Trinajstić information content (AvgIpc) is 3.02. The smallest absolute Gasteiger partial charge is 0.278 e. The Balaban J connectivity index is 1.73. The van der Waals surface area contributed by atoms with Gasteiger partial charge in [0, 0.05) is 11.6 Å². The van der Waals surface area contributed by atoms with Gasteiger partial charge in [-0.3, -0.25) is 14.9 Å². The van der Waals surface area contributed by atoms with Gasteiger partial charge in [0.1, 0.15) is 5.75 Å². The number of carbonyl (C=O) groups excluding carboxylic acids is 1. The summed E-state index contributed by atoms with van der Waals surface area (Å²) in [5.41, 5.74) is 2.37. The molecule has 9 nitrogen and oxygen atoms in total. The first-order chi connectivity index (χ1) is 11.5. The van der Waals surface area contributed by atoms with Crippen LogP contribution in [0.1, 0.15) is 15.9 Å². The Morgan fingerprint density at radius 1 is 1.25 bits per heavy atom. The van der Waals surface area contributed by atoms with Crippen LogP contribution in [0, 0.1) is 10.1 Å². The van der Waals surface area contributed by atoms with Crippen molar-refractivity contribution in [1.29, 1.82) is 0 Å². The number of nitrogens with one attached hydrogen (secondary N) is 1. The third kappa shape index (κ3) is 3.09. The van der Waals surface area contributed by atoms with E-state index in [-0.39, 0.29) is 23.8 Å². The van der Waals surface area contributed by atoms with Crippen LogP contribution in [-0.4, -0.2) is 28.9 Å². The molecule has 1 amide bonds. The van der Waals surface area contributed by atoms with Gasteiger partial charge in [0.2, 0.25) is 6.79 Å². The van der Waals surface area contributed by atoms with E-state index >= 15 is 0 Å². The second-order valence-corrected chi connectivity index (χ2v) is 4.77. The lowest BCUT2D eigenvalue weighted by Crippen LogP contribution is -2.17. The van der Waals surface area contributed by atoms with E-state index in [0.717, 1.165) is 12.3 Å². The molecular weight excluding hydrogens is 318 g/mol. The molecule has 0 bridgehead atoms. The first-order valence-electron chi connectivity index (χ1n) is 6.75. The Kier molecular flexibility index (Phi) is 3.98. The topological polar surface area (TPSA) is 123 Å². The summed E-state index contributed by atoms with van der Waals surface area (Å²) in [7, 11) is 0. The lowest BCUT2D eigenvalue weighted by molar-refractivity contribution is -0.385. The van der Waals surface area contributed by atoms with Gasteiger partial charge in [0.05, 0.1) is 16.7 Å². The molecule has 0 aliphatic carbocycles. The zero-order chi connectivity index (χ0) is 17.1. The van der Waals surface area contributed by atoms with E-state index in [1.54, 1.807) is 6.07 Å². The summed E-state index contributed by atoms with van der Waals surface area (Å²) in [6, 6.07) is 8.16. The maximum absolute atomic E-state index is 12.0.